The molecule has 1 N–H and O–H groups in total. The highest BCUT2D eigenvalue weighted by molar-refractivity contribution is 5.96. The van der Waals surface area contributed by atoms with Gasteiger partial charge in [-0.15, -0.1) is 0 Å². The molecule has 3 saturated heterocycles. The number of carbonyl (C=O) groups is 4. The maximum absolute atomic E-state index is 13.5. The zero-order valence-corrected chi connectivity index (χ0v) is 35.2. The fraction of sp³-hybridized carbons (Fsp3) is 0.805. The standard InChI is InChI=1S/C41H64O16/c1-12-30(43)55-34-25(7)53-39(38(49-11)37(34)48-10)50-20-26-24(6)52-32(45)17-14-21(3)33(22(4)19-41(8,46)29(42)16-15-27-35(26)54-27)57-40-36(56-31(44)13-2)28(47-9)18-23(5)51-40/h14-17,21-28,33-40,46H,12-13,18-20H2,1-11H3/b16-15+,17-14+/t21?,22?,23?,24?,25?,26?,27?,28?,33?,34-,35?,36?,37?,38?,39-,40-,41?/m1/s1. The third-order valence-corrected chi connectivity index (χ3v) is 11.2. The minimum atomic E-state index is -1.80. The average molecular weight is 813 g/mol. The second-order valence-electron chi connectivity index (χ2n) is 15.8. The van der Waals surface area contributed by atoms with Crippen LogP contribution < -0.4 is 0 Å². The molecule has 0 radical (unpaired) electrons. The second kappa shape index (κ2) is 20.9. The number of ether oxygens (including phenoxy) is 11. The molecular formula is C41H64O16. The SMILES string of the molecule is CCC(=O)OC1C(OC)CC(C)O[C@@H]1OC1C(C)/C=C/C(=O)OC(C)C(CO[C@@H]2OC(C)[C@@H](OC(=O)CC)C(OC)C2OC)C2OC2/C=C/C(=O)C(C)(O)CC1C. The van der Waals surface area contributed by atoms with E-state index >= 15 is 0 Å². The lowest BCUT2D eigenvalue weighted by Gasteiger charge is -2.44. The Balaban J connectivity index is 1.57. The number of hydrogen-bond acceptors (Lipinski definition) is 16. The van der Waals surface area contributed by atoms with Gasteiger partial charge in [0.15, 0.2) is 30.6 Å². The fourth-order valence-electron chi connectivity index (χ4n) is 7.85. The Labute approximate surface area is 336 Å². The van der Waals surface area contributed by atoms with Gasteiger partial charge in [0.25, 0.3) is 0 Å². The summed E-state index contributed by atoms with van der Waals surface area (Å²) in [5.41, 5.74) is -1.80. The van der Waals surface area contributed by atoms with Crippen molar-refractivity contribution in [3.05, 3.63) is 24.3 Å². The van der Waals surface area contributed by atoms with Crippen molar-refractivity contribution in [3.63, 3.8) is 0 Å². The van der Waals surface area contributed by atoms with Gasteiger partial charge in [0, 0.05) is 58.5 Å². The van der Waals surface area contributed by atoms with Crippen LogP contribution in [0.2, 0.25) is 0 Å². The summed E-state index contributed by atoms with van der Waals surface area (Å²) < 4.78 is 65.6. The highest BCUT2D eigenvalue weighted by Crippen LogP contribution is 2.37. The topological polar surface area (TPSA) is 193 Å². The summed E-state index contributed by atoms with van der Waals surface area (Å²) in [6, 6.07) is 0. The van der Waals surface area contributed by atoms with Crippen LogP contribution in [0.5, 0.6) is 0 Å². The van der Waals surface area contributed by atoms with Crippen molar-refractivity contribution in [3.8, 4) is 0 Å². The number of ketones is 1. The molecule has 4 rings (SSSR count). The first-order valence-corrected chi connectivity index (χ1v) is 20.0. The maximum Gasteiger partial charge on any atom is 0.330 e. The van der Waals surface area contributed by atoms with Crippen LogP contribution in [0.1, 0.15) is 81.1 Å². The van der Waals surface area contributed by atoms with E-state index in [4.69, 9.17) is 52.1 Å². The lowest BCUT2D eigenvalue weighted by Crippen LogP contribution is -2.60. The molecule has 4 heterocycles. The number of cyclic esters (lactones) is 1. The molecule has 17 atom stereocenters. The lowest BCUT2D eigenvalue weighted by molar-refractivity contribution is -0.307. The molecule has 3 fully saturated rings. The van der Waals surface area contributed by atoms with Gasteiger partial charge in [-0.2, -0.15) is 0 Å². The number of fused-ring (bicyclic) bond motifs is 1. The molecule has 0 saturated carbocycles. The van der Waals surface area contributed by atoms with Crippen molar-refractivity contribution in [2.75, 3.05) is 27.9 Å². The van der Waals surface area contributed by atoms with Crippen LogP contribution in [-0.4, -0.2) is 142 Å². The molecule has 4 aliphatic rings. The summed E-state index contributed by atoms with van der Waals surface area (Å²) in [7, 11) is 4.49. The van der Waals surface area contributed by atoms with Crippen LogP contribution >= 0.6 is 0 Å². The van der Waals surface area contributed by atoms with E-state index < -0.39 is 121 Å². The first-order valence-electron chi connectivity index (χ1n) is 20.0. The van der Waals surface area contributed by atoms with Crippen molar-refractivity contribution in [2.24, 2.45) is 17.8 Å². The molecular weight excluding hydrogens is 748 g/mol. The van der Waals surface area contributed by atoms with E-state index in [0.717, 1.165) is 0 Å². The van der Waals surface area contributed by atoms with Gasteiger partial charge in [0.2, 0.25) is 0 Å². The van der Waals surface area contributed by atoms with E-state index in [-0.39, 0.29) is 32.0 Å². The normalized spacial score (nSPS) is 42.9. The molecule has 0 bridgehead atoms. The Hall–Kier alpha value is -2.80. The van der Waals surface area contributed by atoms with Gasteiger partial charge < -0.3 is 57.2 Å². The molecule has 0 amide bonds. The van der Waals surface area contributed by atoms with Gasteiger partial charge in [-0.3, -0.25) is 14.4 Å². The quantitative estimate of drug-likeness (QED) is 0.171. The van der Waals surface area contributed by atoms with Crippen molar-refractivity contribution < 1.29 is 76.4 Å². The first-order chi connectivity index (χ1) is 27.0. The lowest BCUT2D eigenvalue weighted by atomic mass is 9.82. The molecule has 0 aromatic carbocycles. The number of hydrogen-bond donors (Lipinski definition) is 1. The highest BCUT2D eigenvalue weighted by Gasteiger charge is 2.51. The van der Waals surface area contributed by atoms with E-state index in [9.17, 15) is 24.3 Å². The molecule has 324 valence electrons. The number of esters is 3. The Morgan fingerprint density at radius 1 is 0.789 bits per heavy atom. The molecule has 0 aliphatic carbocycles. The third-order valence-electron chi connectivity index (χ3n) is 11.2. The van der Waals surface area contributed by atoms with E-state index in [0.29, 0.717) is 6.42 Å². The molecule has 4 aliphatic heterocycles. The predicted octanol–water partition coefficient (Wildman–Crippen LogP) is 3.38. The highest BCUT2D eigenvalue weighted by atomic mass is 16.7. The Kier molecular flexibility index (Phi) is 17.2. The Bertz CT molecular complexity index is 1410. The minimum Gasteiger partial charge on any atom is -0.459 e. The monoisotopic (exact) mass is 812 g/mol. The second-order valence-corrected chi connectivity index (χ2v) is 15.8. The van der Waals surface area contributed by atoms with Crippen LogP contribution in [0.15, 0.2) is 24.3 Å². The average Bonchev–Trinajstić information content (AvgIpc) is 3.94. The third kappa shape index (κ3) is 12.1. The summed E-state index contributed by atoms with van der Waals surface area (Å²) in [6.45, 7) is 13.8. The summed E-state index contributed by atoms with van der Waals surface area (Å²) in [5.74, 6) is -3.50. The van der Waals surface area contributed by atoms with Gasteiger partial charge in [-0.05, 0) is 52.2 Å². The number of aliphatic hydroxyl groups is 1. The van der Waals surface area contributed by atoms with Gasteiger partial charge >= 0.3 is 17.9 Å². The molecule has 0 aromatic heterocycles. The maximum atomic E-state index is 13.5. The Morgan fingerprint density at radius 2 is 1.44 bits per heavy atom. The number of epoxide rings is 1. The number of rotatable bonds is 12. The zero-order chi connectivity index (χ0) is 42.2. The summed E-state index contributed by atoms with van der Waals surface area (Å²) in [6.07, 6.45) is -2.39. The summed E-state index contributed by atoms with van der Waals surface area (Å²) in [5, 5.41) is 11.5. The van der Waals surface area contributed by atoms with Crippen LogP contribution in [0, 0.1) is 17.8 Å². The summed E-state index contributed by atoms with van der Waals surface area (Å²) >= 11 is 0. The largest absolute Gasteiger partial charge is 0.459 e. The van der Waals surface area contributed by atoms with E-state index in [1.807, 2.05) is 20.8 Å². The minimum absolute atomic E-state index is 0.0112. The predicted molar refractivity (Wildman–Crippen MR) is 201 cm³/mol. The molecule has 16 nitrogen and oxygen atoms in total. The molecule has 57 heavy (non-hydrogen) atoms. The van der Waals surface area contributed by atoms with Crippen LogP contribution in [0.4, 0.5) is 0 Å². The van der Waals surface area contributed by atoms with Crippen molar-refractivity contribution in [1.29, 1.82) is 0 Å². The van der Waals surface area contributed by atoms with Gasteiger partial charge in [0.1, 0.15) is 36.1 Å². The fourth-order valence-corrected chi connectivity index (χ4v) is 7.85. The van der Waals surface area contributed by atoms with E-state index in [1.54, 1.807) is 39.8 Å². The van der Waals surface area contributed by atoms with Crippen LogP contribution in [0.25, 0.3) is 0 Å². The molecule has 16 heteroatoms. The van der Waals surface area contributed by atoms with Crippen LogP contribution in [0.3, 0.4) is 0 Å². The van der Waals surface area contributed by atoms with Gasteiger partial charge in [-0.1, -0.05) is 33.8 Å². The molecule has 14 unspecified atom stereocenters. The van der Waals surface area contributed by atoms with E-state index in [2.05, 4.69) is 0 Å². The van der Waals surface area contributed by atoms with Crippen molar-refractivity contribution >= 4 is 23.7 Å². The Morgan fingerprint density at radius 3 is 2.05 bits per heavy atom. The molecule has 0 spiro atoms. The van der Waals surface area contributed by atoms with Gasteiger partial charge in [0.05, 0.1) is 31.0 Å². The first kappa shape index (κ1) is 46.9. The van der Waals surface area contributed by atoms with Crippen molar-refractivity contribution in [2.45, 2.75) is 166 Å². The number of methoxy groups -OCH3 is 3. The van der Waals surface area contributed by atoms with E-state index in [1.165, 1.54) is 40.4 Å². The van der Waals surface area contributed by atoms with Crippen molar-refractivity contribution in [1.82, 2.24) is 0 Å². The number of carbonyl (C=O) groups excluding carboxylic acids is 4. The van der Waals surface area contributed by atoms with Gasteiger partial charge in [-0.25, -0.2) is 4.79 Å². The smallest absolute Gasteiger partial charge is 0.330 e. The van der Waals surface area contributed by atoms with Crippen LogP contribution in [-0.2, 0) is 71.3 Å². The zero-order valence-electron chi connectivity index (χ0n) is 35.2. The summed E-state index contributed by atoms with van der Waals surface area (Å²) in [4.78, 5) is 51.6. The molecule has 0 aromatic rings.